The molecule has 3 heterocycles. The van der Waals surface area contributed by atoms with Crippen molar-refractivity contribution in [3.63, 3.8) is 0 Å². The van der Waals surface area contributed by atoms with Crippen LogP contribution in [0.2, 0.25) is 0 Å². The molecule has 2 aliphatic rings. The minimum absolute atomic E-state index is 0.538. The molecule has 0 fully saturated rings. The Labute approximate surface area is 326 Å². The molecular weight excluding hydrogens is 705 g/mol. The highest BCUT2D eigenvalue weighted by molar-refractivity contribution is 7.26. The quantitative estimate of drug-likeness (QED) is 0.180. The molecular formula is C51H30N2S2. The van der Waals surface area contributed by atoms with Crippen LogP contribution in [0.4, 0.5) is 0 Å². The van der Waals surface area contributed by atoms with E-state index in [-0.39, 0.29) is 0 Å². The normalized spacial score (nSPS) is 15.0. The summed E-state index contributed by atoms with van der Waals surface area (Å²) in [5.74, 6) is 0.753. The zero-order valence-corrected chi connectivity index (χ0v) is 31.2. The van der Waals surface area contributed by atoms with Crippen LogP contribution in [0.1, 0.15) is 22.3 Å². The van der Waals surface area contributed by atoms with Gasteiger partial charge in [-0.05, 0) is 56.1 Å². The molecule has 0 aliphatic heterocycles. The lowest BCUT2D eigenvalue weighted by Crippen LogP contribution is -2.26. The van der Waals surface area contributed by atoms with E-state index < -0.39 is 5.41 Å². The average Bonchev–Trinajstić information content (AvgIpc) is 4.00. The second kappa shape index (κ2) is 11.8. The summed E-state index contributed by atoms with van der Waals surface area (Å²) in [6.07, 6.45) is 0. The van der Waals surface area contributed by atoms with Gasteiger partial charge in [-0.15, -0.1) is 22.7 Å². The molecule has 1 spiro atoms. The maximum Gasteiger partial charge on any atom is 0.161 e. The minimum atomic E-state index is -0.538. The van der Waals surface area contributed by atoms with Gasteiger partial charge >= 0.3 is 0 Å². The molecule has 0 saturated heterocycles. The highest BCUT2D eigenvalue weighted by Crippen LogP contribution is 2.68. The average molecular weight is 735 g/mol. The van der Waals surface area contributed by atoms with E-state index in [4.69, 9.17) is 9.97 Å². The molecule has 0 bridgehead atoms. The van der Waals surface area contributed by atoms with Crippen LogP contribution >= 0.6 is 22.7 Å². The number of thiophene rings is 2. The van der Waals surface area contributed by atoms with Gasteiger partial charge in [-0.3, -0.25) is 0 Å². The standard InChI is InChI=1S/C51H30N2S2/c1-4-17-31(18-5-1)45-49-46(36-25-12-15-30-41(36)54-49)53-50(52-45)37-26-16-29-40-42(37)34-23-10-13-27-38(34)51(40)39-28-14-11-24-35(39)43-44(51)48(33-21-8-3-9-22-33)55-47(43)32-19-6-2-7-20-32/h1-30H. The van der Waals surface area contributed by atoms with Crippen molar-refractivity contribution < 1.29 is 0 Å². The van der Waals surface area contributed by atoms with Gasteiger partial charge in [0.25, 0.3) is 0 Å². The van der Waals surface area contributed by atoms with E-state index in [1.165, 1.54) is 75.5 Å². The van der Waals surface area contributed by atoms with Crippen LogP contribution in [-0.4, -0.2) is 9.97 Å². The fourth-order valence-electron chi connectivity index (χ4n) is 9.37. The summed E-state index contributed by atoms with van der Waals surface area (Å²) in [7, 11) is 0. The minimum Gasteiger partial charge on any atom is -0.226 e. The lowest BCUT2D eigenvalue weighted by atomic mass is 9.70. The van der Waals surface area contributed by atoms with Gasteiger partial charge in [0.05, 0.1) is 21.3 Å². The van der Waals surface area contributed by atoms with Crippen molar-refractivity contribution in [2.45, 2.75) is 5.41 Å². The van der Waals surface area contributed by atoms with Crippen molar-refractivity contribution in [3.05, 3.63) is 204 Å². The smallest absolute Gasteiger partial charge is 0.161 e. The molecule has 1 atom stereocenters. The SMILES string of the molecule is c1ccc(-c2sc(-c3ccccc3)c3c2-c2ccccc2C32c3ccccc3-c3c(-c4nc(-c5ccccc5)c5sc6ccccc6c5n4)cccc32)cc1. The van der Waals surface area contributed by atoms with E-state index in [0.29, 0.717) is 0 Å². The monoisotopic (exact) mass is 734 g/mol. The topological polar surface area (TPSA) is 25.8 Å². The van der Waals surface area contributed by atoms with Crippen molar-refractivity contribution in [3.8, 4) is 65.8 Å². The molecule has 0 radical (unpaired) electrons. The Bertz CT molecular complexity index is 3140. The van der Waals surface area contributed by atoms with Gasteiger partial charge in [-0.2, -0.15) is 0 Å². The van der Waals surface area contributed by atoms with Crippen molar-refractivity contribution in [1.29, 1.82) is 0 Å². The third-order valence-electron chi connectivity index (χ3n) is 11.5. The maximum atomic E-state index is 5.50. The highest BCUT2D eigenvalue weighted by Gasteiger charge is 2.55. The largest absolute Gasteiger partial charge is 0.226 e. The van der Waals surface area contributed by atoms with E-state index in [1.54, 1.807) is 11.3 Å². The molecule has 7 aromatic carbocycles. The number of benzene rings is 7. The molecule has 10 aromatic rings. The predicted octanol–water partition coefficient (Wildman–Crippen LogP) is 13.9. The first kappa shape index (κ1) is 30.9. The van der Waals surface area contributed by atoms with Gasteiger partial charge in [0.1, 0.15) is 0 Å². The number of nitrogens with zero attached hydrogens (tertiary/aromatic N) is 2. The van der Waals surface area contributed by atoms with Crippen LogP contribution < -0.4 is 0 Å². The van der Waals surface area contributed by atoms with Crippen LogP contribution in [0.3, 0.4) is 0 Å². The fraction of sp³-hybridized carbons (Fsp3) is 0.0196. The van der Waals surface area contributed by atoms with Gasteiger partial charge in [-0.25, -0.2) is 9.97 Å². The van der Waals surface area contributed by atoms with Gasteiger partial charge in [0, 0.05) is 36.5 Å². The maximum absolute atomic E-state index is 5.50. The van der Waals surface area contributed by atoms with E-state index in [2.05, 4.69) is 182 Å². The van der Waals surface area contributed by atoms with Crippen LogP contribution in [0.15, 0.2) is 182 Å². The molecule has 12 rings (SSSR count). The third kappa shape index (κ3) is 4.24. The Morgan fingerprint density at radius 3 is 1.65 bits per heavy atom. The Hall–Kier alpha value is -6.46. The number of hydrogen-bond acceptors (Lipinski definition) is 4. The number of hydrogen-bond donors (Lipinski definition) is 0. The van der Waals surface area contributed by atoms with Crippen LogP contribution in [0.25, 0.3) is 86.1 Å². The van der Waals surface area contributed by atoms with Crippen molar-refractivity contribution in [2.24, 2.45) is 0 Å². The Balaban J connectivity index is 1.21. The van der Waals surface area contributed by atoms with E-state index in [9.17, 15) is 0 Å². The lowest BCUT2D eigenvalue weighted by molar-refractivity contribution is 0.798. The number of rotatable bonds is 4. The molecule has 1 unspecified atom stereocenters. The zero-order valence-electron chi connectivity index (χ0n) is 29.5. The first-order chi connectivity index (χ1) is 27.3. The predicted molar refractivity (Wildman–Crippen MR) is 231 cm³/mol. The first-order valence-corrected chi connectivity index (χ1v) is 20.3. The second-order valence-corrected chi connectivity index (χ2v) is 16.4. The molecule has 2 aliphatic carbocycles. The zero-order chi connectivity index (χ0) is 36.1. The fourth-order valence-corrected chi connectivity index (χ4v) is 11.9. The van der Waals surface area contributed by atoms with Gasteiger partial charge in [0.15, 0.2) is 5.82 Å². The summed E-state index contributed by atoms with van der Waals surface area (Å²) in [6, 6.07) is 66.2. The molecule has 0 saturated carbocycles. The van der Waals surface area contributed by atoms with Gasteiger partial charge in [0.2, 0.25) is 0 Å². The van der Waals surface area contributed by atoms with Crippen molar-refractivity contribution in [2.75, 3.05) is 0 Å². The Kier molecular flexibility index (Phi) is 6.62. The molecule has 256 valence electrons. The summed E-state index contributed by atoms with van der Waals surface area (Å²) in [4.78, 5) is 13.6. The lowest BCUT2D eigenvalue weighted by Gasteiger charge is -2.31. The van der Waals surface area contributed by atoms with Crippen molar-refractivity contribution in [1.82, 2.24) is 9.97 Å². The van der Waals surface area contributed by atoms with Crippen LogP contribution in [-0.2, 0) is 5.41 Å². The molecule has 0 amide bonds. The summed E-state index contributed by atoms with van der Waals surface area (Å²) in [5, 5.41) is 1.17. The van der Waals surface area contributed by atoms with Crippen LogP contribution in [0, 0.1) is 0 Å². The number of aromatic nitrogens is 2. The first-order valence-electron chi connectivity index (χ1n) is 18.7. The molecule has 55 heavy (non-hydrogen) atoms. The van der Waals surface area contributed by atoms with Gasteiger partial charge < -0.3 is 0 Å². The molecule has 3 aromatic heterocycles. The molecule has 4 heteroatoms. The highest BCUT2D eigenvalue weighted by atomic mass is 32.1. The number of fused-ring (bicyclic) bond motifs is 13. The molecule has 2 nitrogen and oxygen atoms in total. The second-order valence-electron chi connectivity index (χ2n) is 14.3. The van der Waals surface area contributed by atoms with E-state index in [1.807, 2.05) is 11.3 Å². The Morgan fingerprint density at radius 2 is 0.945 bits per heavy atom. The summed E-state index contributed by atoms with van der Waals surface area (Å²) < 4.78 is 2.34. The Morgan fingerprint density at radius 1 is 0.400 bits per heavy atom. The summed E-state index contributed by atoms with van der Waals surface area (Å²) in [6.45, 7) is 0. The van der Waals surface area contributed by atoms with E-state index >= 15 is 0 Å². The third-order valence-corrected chi connectivity index (χ3v) is 14.0. The van der Waals surface area contributed by atoms with Crippen molar-refractivity contribution >= 4 is 43.0 Å². The summed E-state index contributed by atoms with van der Waals surface area (Å²) in [5.41, 5.74) is 16.5. The van der Waals surface area contributed by atoms with Gasteiger partial charge in [-0.1, -0.05) is 176 Å². The molecule has 0 N–H and O–H groups in total. The van der Waals surface area contributed by atoms with Crippen LogP contribution in [0.5, 0.6) is 0 Å². The summed E-state index contributed by atoms with van der Waals surface area (Å²) >= 11 is 3.70. The van der Waals surface area contributed by atoms with E-state index in [0.717, 1.165) is 32.9 Å².